The van der Waals surface area contributed by atoms with Crippen molar-refractivity contribution in [3.8, 4) is 0 Å². The second kappa shape index (κ2) is 9.21. The molecule has 0 bridgehead atoms. The molecule has 1 aromatic heterocycles. The Kier molecular flexibility index (Phi) is 6.71. The van der Waals surface area contributed by atoms with Crippen molar-refractivity contribution in [2.24, 2.45) is 0 Å². The van der Waals surface area contributed by atoms with Gasteiger partial charge in [0.15, 0.2) is 0 Å². The SMILES string of the molecule is Cc1cc(NC(=O)[C@@H](C)N2CCC(NC(=O)NC3CCCCC3)CC2)on1. The number of nitrogens with zero attached hydrogens (tertiary/aromatic N) is 2. The lowest BCUT2D eigenvalue weighted by Gasteiger charge is -2.35. The molecule has 1 saturated heterocycles. The van der Waals surface area contributed by atoms with Gasteiger partial charge in [0, 0.05) is 31.2 Å². The maximum Gasteiger partial charge on any atom is 0.315 e. The molecule has 1 saturated carbocycles. The summed E-state index contributed by atoms with van der Waals surface area (Å²) in [7, 11) is 0. The van der Waals surface area contributed by atoms with Gasteiger partial charge in [-0.25, -0.2) is 4.79 Å². The van der Waals surface area contributed by atoms with Gasteiger partial charge in [0.2, 0.25) is 11.8 Å². The standard InChI is InChI=1S/C19H31N5O3/c1-13-12-17(27-23-13)22-18(25)14(2)24-10-8-16(9-11-24)21-19(26)20-15-6-4-3-5-7-15/h12,14-16H,3-11H2,1-2H3,(H,22,25)(H2,20,21,26)/t14-/m1/s1. The molecule has 3 amide bonds. The minimum Gasteiger partial charge on any atom is -0.338 e. The average molecular weight is 377 g/mol. The lowest BCUT2D eigenvalue weighted by molar-refractivity contribution is -0.121. The van der Waals surface area contributed by atoms with E-state index in [4.69, 9.17) is 4.52 Å². The van der Waals surface area contributed by atoms with Gasteiger partial charge >= 0.3 is 6.03 Å². The number of amides is 3. The molecule has 3 N–H and O–H groups in total. The summed E-state index contributed by atoms with van der Waals surface area (Å²) in [4.78, 5) is 26.7. The van der Waals surface area contributed by atoms with Crippen LogP contribution in [0.15, 0.2) is 10.6 Å². The Morgan fingerprint density at radius 1 is 1.11 bits per heavy atom. The summed E-state index contributed by atoms with van der Waals surface area (Å²) < 4.78 is 5.04. The molecule has 3 rings (SSSR count). The van der Waals surface area contributed by atoms with Gasteiger partial charge in [-0.2, -0.15) is 0 Å². The predicted molar refractivity (Wildman–Crippen MR) is 102 cm³/mol. The van der Waals surface area contributed by atoms with Crippen LogP contribution in [-0.4, -0.2) is 53.2 Å². The second-order valence-electron chi connectivity index (χ2n) is 7.76. The van der Waals surface area contributed by atoms with E-state index in [1.807, 2.05) is 13.8 Å². The third kappa shape index (κ3) is 5.69. The Morgan fingerprint density at radius 3 is 2.33 bits per heavy atom. The highest BCUT2D eigenvalue weighted by molar-refractivity contribution is 5.93. The van der Waals surface area contributed by atoms with E-state index in [1.165, 1.54) is 19.3 Å². The largest absolute Gasteiger partial charge is 0.338 e. The highest BCUT2D eigenvalue weighted by Crippen LogP contribution is 2.18. The maximum atomic E-state index is 12.4. The zero-order chi connectivity index (χ0) is 19.2. The zero-order valence-corrected chi connectivity index (χ0v) is 16.3. The predicted octanol–water partition coefficient (Wildman–Crippen LogP) is 2.41. The van der Waals surface area contributed by atoms with Gasteiger partial charge in [0.25, 0.3) is 0 Å². The molecule has 2 aliphatic rings. The van der Waals surface area contributed by atoms with Crippen LogP contribution in [0.1, 0.15) is 57.6 Å². The molecule has 150 valence electrons. The smallest absolute Gasteiger partial charge is 0.315 e. The maximum absolute atomic E-state index is 12.4. The molecule has 0 radical (unpaired) electrons. The molecule has 1 atom stereocenters. The van der Waals surface area contributed by atoms with Crippen molar-refractivity contribution in [3.05, 3.63) is 11.8 Å². The highest BCUT2D eigenvalue weighted by atomic mass is 16.5. The van der Waals surface area contributed by atoms with E-state index in [9.17, 15) is 9.59 Å². The van der Waals surface area contributed by atoms with Crippen LogP contribution in [0.4, 0.5) is 10.7 Å². The van der Waals surface area contributed by atoms with Gasteiger partial charge in [-0.1, -0.05) is 24.4 Å². The van der Waals surface area contributed by atoms with Gasteiger partial charge in [0.05, 0.1) is 11.7 Å². The lowest BCUT2D eigenvalue weighted by Crippen LogP contribution is -2.53. The fourth-order valence-corrected chi connectivity index (χ4v) is 3.90. The van der Waals surface area contributed by atoms with Crippen molar-refractivity contribution < 1.29 is 14.1 Å². The molecular formula is C19H31N5O3. The van der Waals surface area contributed by atoms with Crippen LogP contribution >= 0.6 is 0 Å². The third-order valence-electron chi connectivity index (χ3n) is 5.61. The molecule has 8 nitrogen and oxygen atoms in total. The number of likely N-dealkylation sites (tertiary alicyclic amines) is 1. The van der Waals surface area contributed by atoms with Crippen LogP contribution in [0.5, 0.6) is 0 Å². The summed E-state index contributed by atoms with van der Waals surface area (Å²) in [6, 6.07) is 1.88. The van der Waals surface area contributed by atoms with Crippen LogP contribution in [0.2, 0.25) is 0 Å². The number of aryl methyl sites for hydroxylation is 1. The first kappa shape index (κ1) is 19.7. The summed E-state index contributed by atoms with van der Waals surface area (Å²) in [6.45, 7) is 5.25. The third-order valence-corrected chi connectivity index (χ3v) is 5.61. The van der Waals surface area contributed by atoms with Crippen molar-refractivity contribution in [1.29, 1.82) is 0 Å². The fraction of sp³-hybridized carbons (Fsp3) is 0.737. The van der Waals surface area contributed by atoms with E-state index in [0.29, 0.717) is 11.9 Å². The number of carbonyl (C=O) groups excluding carboxylic acids is 2. The molecule has 0 spiro atoms. The van der Waals surface area contributed by atoms with E-state index >= 15 is 0 Å². The first-order valence-electron chi connectivity index (χ1n) is 10.1. The molecular weight excluding hydrogens is 346 g/mol. The molecule has 2 heterocycles. The number of aromatic nitrogens is 1. The first-order valence-corrected chi connectivity index (χ1v) is 10.1. The summed E-state index contributed by atoms with van der Waals surface area (Å²) in [5.41, 5.74) is 0.733. The molecule has 1 aliphatic heterocycles. The Morgan fingerprint density at radius 2 is 1.74 bits per heavy atom. The van der Waals surface area contributed by atoms with E-state index in [1.54, 1.807) is 6.07 Å². The number of carbonyl (C=O) groups is 2. The minimum absolute atomic E-state index is 0.0492. The molecule has 1 aliphatic carbocycles. The molecule has 8 heteroatoms. The number of anilines is 1. The lowest BCUT2D eigenvalue weighted by atomic mass is 9.96. The number of rotatable bonds is 5. The van der Waals surface area contributed by atoms with E-state index < -0.39 is 0 Å². The van der Waals surface area contributed by atoms with Gasteiger partial charge in [-0.3, -0.25) is 15.0 Å². The Bertz CT molecular complexity index is 633. The molecule has 1 aromatic rings. The van der Waals surface area contributed by atoms with Gasteiger partial charge in [-0.05, 0) is 39.5 Å². The molecule has 0 unspecified atom stereocenters. The fourth-order valence-electron chi connectivity index (χ4n) is 3.90. The van der Waals surface area contributed by atoms with Crippen molar-refractivity contribution in [1.82, 2.24) is 20.7 Å². The van der Waals surface area contributed by atoms with E-state index in [2.05, 4.69) is 26.0 Å². The minimum atomic E-state index is -0.257. The van der Waals surface area contributed by atoms with E-state index in [-0.39, 0.29) is 24.0 Å². The van der Waals surface area contributed by atoms with Gasteiger partial charge in [0.1, 0.15) is 0 Å². The van der Waals surface area contributed by atoms with Crippen LogP contribution < -0.4 is 16.0 Å². The number of hydrogen-bond acceptors (Lipinski definition) is 5. The number of urea groups is 1. The Hall–Kier alpha value is -2.09. The molecule has 27 heavy (non-hydrogen) atoms. The molecule has 0 aromatic carbocycles. The summed E-state index contributed by atoms with van der Waals surface area (Å²) >= 11 is 0. The van der Waals surface area contributed by atoms with Crippen LogP contribution in [0.3, 0.4) is 0 Å². The van der Waals surface area contributed by atoms with Crippen molar-refractivity contribution in [2.75, 3.05) is 18.4 Å². The molecule has 2 fully saturated rings. The first-order chi connectivity index (χ1) is 13.0. The van der Waals surface area contributed by atoms with Crippen LogP contribution in [0.25, 0.3) is 0 Å². The summed E-state index contributed by atoms with van der Waals surface area (Å²) in [6.07, 6.45) is 7.55. The number of hydrogen-bond donors (Lipinski definition) is 3. The van der Waals surface area contributed by atoms with Crippen molar-refractivity contribution in [3.63, 3.8) is 0 Å². The van der Waals surface area contributed by atoms with Crippen LogP contribution in [0, 0.1) is 6.92 Å². The Balaban J connectivity index is 1.38. The van der Waals surface area contributed by atoms with Crippen molar-refractivity contribution >= 4 is 17.8 Å². The summed E-state index contributed by atoms with van der Waals surface area (Å²) in [5.74, 6) is 0.271. The van der Waals surface area contributed by atoms with Crippen molar-refractivity contribution in [2.45, 2.75) is 76.9 Å². The number of nitrogens with one attached hydrogen (secondary N) is 3. The highest BCUT2D eigenvalue weighted by Gasteiger charge is 2.28. The quantitative estimate of drug-likeness (QED) is 0.732. The van der Waals surface area contributed by atoms with E-state index in [0.717, 1.165) is 44.5 Å². The number of piperidine rings is 1. The van der Waals surface area contributed by atoms with Gasteiger partial charge in [-0.15, -0.1) is 0 Å². The zero-order valence-electron chi connectivity index (χ0n) is 16.3. The summed E-state index contributed by atoms with van der Waals surface area (Å²) in [5, 5.41) is 12.7. The Labute approximate surface area is 160 Å². The monoisotopic (exact) mass is 377 g/mol. The van der Waals surface area contributed by atoms with Crippen LogP contribution in [-0.2, 0) is 4.79 Å². The van der Waals surface area contributed by atoms with Gasteiger partial charge < -0.3 is 15.2 Å². The normalized spacial score (nSPS) is 20.8. The average Bonchev–Trinajstić information content (AvgIpc) is 3.07. The topological polar surface area (TPSA) is 99.5 Å². The second-order valence-corrected chi connectivity index (χ2v) is 7.76.